The van der Waals surface area contributed by atoms with Crippen LogP contribution in [0.5, 0.6) is 0 Å². The lowest BCUT2D eigenvalue weighted by Crippen LogP contribution is -2.17. The van der Waals surface area contributed by atoms with Crippen LogP contribution < -0.4 is 11.1 Å². The molecule has 28 heavy (non-hydrogen) atoms. The molecule has 0 bridgehead atoms. The number of nitrogens with one attached hydrogen (secondary N) is 2. The van der Waals surface area contributed by atoms with Crippen LogP contribution in [-0.2, 0) is 0 Å². The maximum Gasteiger partial charge on any atom is 0.182 e. The van der Waals surface area contributed by atoms with Crippen LogP contribution in [0.1, 0.15) is 16.7 Å². The Morgan fingerprint density at radius 1 is 1.04 bits per heavy atom. The highest BCUT2D eigenvalue weighted by atomic mass is 19.2. The Hall–Kier alpha value is -3.94. The average molecular weight is 378 g/mol. The number of pyridine rings is 1. The molecule has 0 saturated heterocycles. The second-order valence-corrected chi connectivity index (χ2v) is 5.72. The monoisotopic (exact) mass is 378 g/mol. The summed E-state index contributed by atoms with van der Waals surface area (Å²) >= 11 is 0. The normalized spacial score (nSPS) is 11.6. The van der Waals surface area contributed by atoms with E-state index in [4.69, 9.17) is 11.3 Å². The fourth-order valence-corrected chi connectivity index (χ4v) is 2.45. The predicted molar refractivity (Wildman–Crippen MR) is 106 cm³/mol. The summed E-state index contributed by atoms with van der Waals surface area (Å²) in [5.74, 6) is -2.02. The molecule has 3 rings (SSSR count). The molecule has 0 aliphatic rings. The van der Waals surface area contributed by atoms with E-state index in [0.29, 0.717) is 11.1 Å². The minimum absolute atomic E-state index is 0.0283. The molecule has 0 aliphatic heterocycles. The lowest BCUT2D eigenvalue weighted by Gasteiger charge is -2.12. The first-order valence-corrected chi connectivity index (χ1v) is 8.23. The van der Waals surface area contributed by atoms with Crippen LogP contribution in [-0.4, -0.2) is 10.8 Å². The van der Waals surface area contributed by atoms with Crippen LogP contribution >= 0.6 is 0 Å². The molecule has 0 spiro atoms. The maximum absolute atomic E-state index is 14.0. The van der Waals surface area contributed by atoms with E-state index in [9.17, 15) is 8.78 Å². The van der Waals surface area contributed by atoms with Gasteiger partial charge in [0.15, 0.2) is 17.5 Å². The van der Waals surface area contributed by atoms with Gasteiger partial charge in [0.05, 0.1) is 11.3 Å². The van der Waals surface area contributed by atoms with Gasteiger partial charge >= 0.3 is 0 Å². The number of benzene rings is 2. The second-order valence-electron chi connectivity index (χ2n) is 5.72. The molecule has 3 aromatic rings. The fourth-order valence-electron chi connectivity index (χ4n) is 2.45. The Morgan fingerprint density at radius 3 is 2.54 bits per heavy atom. The Labute approximate surface area is 159 Å². The zero-order valence-electron chi connectivity index (χ0n) is 14.6. The Morgan fingerprint density at radius 2 is 1.79 bits per heavy atom. The fraction of sp³-hybridized carbons (Fsp3) is 0. The van der Waals surface area contributed by atoms with Gasteiger partial charge in [0, 0.05) is 6.20 Å². The summed E-state index contributed by atoms with van der Waals surface area (Å²) in [6.07, 6.45) is 5.28. The van der Waals surface area contributed by atoms with E-state index in [1.165, 1.54) is 12.1 Å². The van der Waals surface area contributed by atoms with E-state index in [2.05, 4.69) is 20.6 Å². The molecule has 140 valence electrons. The van der Waals surface area contributed by atoms with Crippen LogP contribution in [0, 0.1) is 17.2 Å². The first kappa shape index (κ1) is 18.8. The van der Waals surface area contributed by atoms with Gasteiger partial charge in [0.25, 0.3) is 0 Å². The molecule has 0 saturated carbocycles. The molecule has 6 nitrogen and oxygen atoms in total. The second kappa shape index (κ2) is 8.63. The largest absolute Gasteiger partial charge is 0.383 e. The standard InChI is InChI=1S/C20H16F2N6/c21-16-7-4-8-17(18(16)22)26-20(27-28-24)15-11-14(12-25-19(15)23)10-9-13-5-2-1-3-6-13/h1-12H,(H2,23,25)(H2,24,26,27)/b10-9+. The molecule has 2 aromatic carbocycles. The highest BCUT2D eigenvalue weighted by Gasteiger charge is 2.14. The molecule has 0 amide bonds. The predicted octanol–water partition coefficient (Wildman–Crippen LogP) is 4.92. The number of hydrogen-bond acceptors (Lipinski definition) is 4. The summed E-state index contributed by atoms with van der Waals surface area (Å²) in [5, 5.41) is 9.25. The van der Waals surface area contributed by atoms with Crippen molar-refractivity contribution in [3.63, 3.8) is 0 Å². The van der Waals surface area contributed by atoms with E-state index in [-0.39, 0.29) is 17.3 Å². The van der Waals surface area contributed by atoms with Gasteiger partial charge in [-0.15, -0.1) is 5.10 Å². The number of amidine groups is 1. The Balaban J connectivity index is 1.95. The quantitative estimate of drug-likeness (QED) is 0.254. The van der Waals surface area contributed by atoms with Gasteiger partial charge in [-0.1, -0.05) is 53.8 Å². The average Bonchev–Trinajstić information content (AvgIpc) is 2.71. The highest BCUT2D eigenvalue weighted by molar-refractivity contribution is 6.11. The third kappa shape index (κ3) is 4.42. The van der Waals surface area contributed by atoms with Gasteiger partial charge in [-0.25, -0.2) is 13.8 Å². The van der Waals surface area contributed by atoms with Gasteiger partial charge in [0.2, 0.25) is 0 Å². The van der Waals surface area contributed by atoms with E-state index in [1.54, 1.807) is 12.3 Å². The van der Waals surface area contributed by atoms with Crippen LogP contribution in [0.15, 0.2) is 71.1 Å². The molecule has 0 aliphatic carbocycles. The summed E-state index contributed by atoms with van der Waals surface area (Å²) in [7, 11) is 0. The van der Waals surface area contributed by atoms with Crippen LogP contribution in [0.25, 0.3) is 12.2 Å². The molecule has 0 unspecified atom stereocenters. The van der Waals surface area contributed by atoms with Gasteiger partial charge < -0.3 is 11.1 Å². The molecule has 1 aromatic heterocycles. The lowest BCUT2D eigenvalue weighted by molar-refractivity contribution is 0.512. The summed E-state index contributed by atoms with van der Waals surface area (Å²) in [5.41, 5.74) is 14.8. The number of hydrogen-bond donors (Lipinski definition) is 3. The van der Waals surface area contributed by atoms with Crippen molar-refractivity contribution in [3.8, 4) is 0 Å². The molecule has 8 heteroatoms. The Bertz CT molecular complexity index is 1050. The summed E-state index contributed by atoms with van der Waals surface area (Å²) in [6, 6.07) is 15.0. The topological polar surface area (TPSA) is 99.5 Å². The molecular formula is C20H16F2N6. The van der Waals surface area contributed by atoms with Crippen molar-refractivity contribution in [2.45, 2.75) is 0 Å². The van der Waals surface area contributed by atoms with Crippen molar-refractivity contribution in [1.82, 2.24) is 4.98 Å². The van der Waals surface area contributed by atoms with Crippen LogP contribution in [0.4, 0.5) is 20.3 Å². The van der Waals surface area contributed by atoms with Gasteiger partial charge in [-0.2, -0.15) is 5.53 Å². The number of nitrogens with zero attached hydrogens (tertiary/aromatic N) is 3. The number of nitrogen functional groups attached to an aromatic ring is 1. The van der Waals surface area contributed by atoms with Crippen molar-refractivity contribution in [3.05, 3.63) is 89.1 Å². The third-order valence-electron chi connectivity index (χ3n) is 3.82. The number of anilines is 2. The van der Waals surface area contributed by atoms with E-state index in [0.717, 1.165) is 11.6 Å². The smallest absolute Gasteiger partial charge is 0.182 e. The zero-order chi connectivity index (χ0) is 19.9. The van der Waals surface area contributed by atoms with Crippen molar-refractivity contribution in [1.29, 1.82) is 5.53 Å². The summed E-state index contributed by atoms with van der Waals surface area (Å²) in [4.78, 5) is 4.11. The van der Waals surface area contributed by atoms with Crippen molar-refractivity contribution < 1.29 is 8.78 Å². The molecular weight excluding hydrogens is 362 g/mol. The number of nitrogens with two attached hydrogens (primary N) is 1. The lowest BCUT2D eigenvalue weighted by atomic mass is 10.1. The SMILES string of the molecule is N=N/N=C(\Nc1cccc(F)c1F)c1cc(/C=C/c2ccccc2)cnc1N. The highest BCUT2D eigenvalue weighted by Crippen LogP contribution is 2.20. The minimum Gasteiger partial charge on any atom is -0.383 e. The molecule has 1 heterocycles. The van der Waals surface area contributed by atoms with Gasteiger partial charge in [0.1, 0.15) is 5.82 Å². The number of aromatic nitrogens is 1. The van der Waals surface area contributed by atoms with Crippen LogP contribution in [0.3, 0.4) is 0 Å². The number of rotatable bonds is 5. The van der Waals surface area contributed by atoms with E-state index in [1.807, 2.05) is 42.5 Å². The minimum atomic E-state index is -1.08. The van der Waals surface area contributed by atoms with Crippen LogP contribution in [0.2, 0.25) is 0 Å². The molecule has 4 N–H and O–H groups in total. The van der Waals surface area contributed by atoms with E-state index < -0.39 is 11.6 Å². The van der Waals surface area contributed by atoms with E-state index >= 15 is 0 Å². The first-order valence-electron chi connectivity index (χ1n) is 8.23. The summed E-state index contributed by atoms with van der Waals surface area (Å²) in [6.45, 7) is 0. The van der Waals surface area contributed by atoms with Gasteiger partial charge in [-0.3, -0.25) is 0 Å². The van der Waals surface area contributed by atoms with Gasteiger partial charge in [-0.05, 0) is 29.3 Å². The molecule has 0 radical (unpaired) electrons. The Kier molecular flexibility index (Phi) is 5.81. The molecule has 0 fully saturated rings. The third-order valence-corrected chi connectivity index (χ3v) is 3.82. The maximum atomic E-state index is 14.0. The van der Waals surface area contributed by atoms with Crippen molar-refractivity contribution in [2.24, 2.45) is 10.3 Å². The van der Waals surface area contributed by atoms with Crippen molar-refractivity contribution >= 4 is 29.5 Å². The summed E-state index contributed by atoms with van der Waals surface area (Å²) < 4.78 is 27.4. The zero-order valence-corrected chi connectivity index (χ0v) is 14.6. The van der Waals surface area contributed by atoms with Crippen molar-refractivity contribution in [2.75, 3.05) is 11.1 Å². The first-order chi connectivity index (χ1) is 13.6. The molecule has 0 atom stereocenters. The number of halogens is 2.